The highest BCUT2D eigenvalue weighted by Crippen LogP contribution is 2.52. The second-order valence-corrected chi connectivity index (χ2v) is 7.06. The zero-order chi connectivity index (χ0) is 23.5. The van der Waals surface area contributed by atoms with Gasteiger partial charge in [0.15, 0.2) is 0 Å². The molecule has 11 heteroatoms. The molecule has 0 radical (unpaired) electrons. The van der Waals surface area contributed by atoms with Crippen LogP contribution in [0.5, 0.6) is 5.75 Å². The molecule has 2 aromatic carbocycles. The van der Waals surface area contributed by atoms with Crippen molar-refractivity contribution in [1.29, 1.82) is 0 Å². The van der Waals surface area contributed by atoms with Gasteiger partial charge >= 0.3 is 12.1 Å². The first kappa shape index (κ1) is 23.5. The van der Waals surface area contributed by atoms with E-state index in [0.717, 1.165) is 31.4 Å². The summed E-state index contributed by atoms with van der Waals surface area (Å²) in [5.74, 6) is -3.60. The molecule has 172 valence electrons. The maximum absolute atomic E-state index is 14.5. The zero-order valence-corrected chi connectivity index (χ0v) is 17.1. The normalized spacial score (nSPS) is 23.4. The summed E-state index contributed by atoms with van der Waals surface area (Å²) in [4.78, 5) is 22.2. The molecule has 0 saturated carbocycles. The zero-order valence-electron chi connectivity index (χ0n) is 17.1. The van der Waals surface area contributed by atoms with Crippen LogP contribution < -0.4 is 4.74 Å². The van der Waals surface area contributed by atoms with E-state index in [1.807, 2.05) is 0 Å². The second-order valence-electron chi connectivity index (χ2n) is 7.06. The standard InChI is InChI=1S/C21H20F3NO7/c1-29-16-8-6-13(7-9-16)18-11-17(12-19(26)30-2)31-20(32-18,21(22,23)24)14-4-3-5-15(10-14)25(27)28/h3-10,17-18H,11-12H2,1-2H3/t17?,18?,20-/m0/s1. The number of methoxy groups -OCH3 is 2. The Kier molecular flexibility index (Phi) is 6.70. The van der Waals surface area contributed by atoms with Crippen LogP contribution in [0.1, 0.15) is 30.1 Å². The summed E-state index contributed by atoms with van der Waals surface area (Å²) in [5.41, 5.74) is -0.773. The molecule has 32 heavy (non-hydrogen) atoms. The van der Waals surface area contributed by atoms with Crippen LogP contribution in [0.3, 0.4) is 0 Å². The van der Waals surface area contributed by atoms with Crippen LogP contribution in [0, 0.1) is 10.1 Å². The summed E-state index contributed by atoms with van der Waals surface area (Å²) in [6.45, 7) is 0. The van der Waals surface area contributed by atoms with Crippen molar-refractivity contribution < 1.29 is 41.8 Å². The van der Waals surface area contributed by atoms with Gasteiger partial charge < -0.3 is 18.9 Å². The first-order valence-electron chi connectivity index (χ1n) is 9.47. The molecule has 0 N–H and O–H groups in total. The Labute approximate surface area is 181 Å². The van der Waals surface area contributed by atoms with Gasteiger partial charge in [-0.2, -0.15) is 13.2 Å². The van der Waals surface area contributed by atoms with Gasteiger partial charge in [-0.25, -0.2) is 0 Å². The molecule has 3 atom stereocenters. The molecule has 1 saturated heterocycles. The Morgan fingerprint density at radius 2 is 1.88 bits per heavy atom. The van der Waals surface area contributed by atoms with Gasteiger partial charge in [-0.15, -0.1) is 0 Å². The van der Waals surface area contributed by atoms with Crippen LogP contribution >= 0.6 is 0 Å². The van der Waals surface area contributed by atoms with Crippen LogP contribution in [0.2, 0.25) is 0 Å². The van der Waals surface area contributed by atoms with Crippen LogP contribution in [-0.2, 0) is 24.8 Å². The van der Waals surface area contributed by atoms with Crippen LogP contribution in [0.25, 0.3) is 0 Å². The lowest BCUT2D eigenvalue weighted by molar-refractivity contribution is -0.436. The number of esters is 1. The molecule has 1 fully saturated rings. The number of nitro benzene ring substituents is 1. The van der Waals surface area contributed by atoms with Crippen LogP contribution in [0.4, 0.5) is 18.9 Å². The van der Waals surface area contributed by atoms with E-state index in [0.29, 0.717) is 11.3 Å². The summed E-state index contributed by atoms with van der Waals surface area (Å²) >= 11 is 0. The van der Waals surface area contributed by atoms with Gasteiger partial charge in [-0.1, -0.05) is 24.3 Å². The highest BCUT2D eigenvalue weighted by Gasteiger charge is 2.63. The first-order chi connectivity index (χ1) is 15.1. The van der Waals surface area contributed by atoms with E-state index in [4.69, 9.17) is 14.2 Å². The number of hydrogen-bond acceptors (Lipinski definition) is 7. The predicted octanol–water partition coefficient (Wildman–Crippen LogP) is 4.43. The number of halogens is 3. The Balaban J connectivity index is 2.11. The number of carbonyl (C=O) groups is 1. The van der Waals surface area contributed by atoms with Gasteiger partial charge in [0.05, 0.1) is 37.8 Å². The summed E-state index contributed by atoms with van der Waals surface area (Å²) < 4.78 is 63.9. The number of rotatable bonds is 6. The quantitative estimate of drug-likeness (QED) is 0.361. The molecule has 2 unspecified atom stereocenters. The topological polar surface area (TPSA) is 97.1 Å². The van der Waals surface area contributed by atoms with Crippen molar-refractivity contribution in [3.8, 4) is 5.75 Å². The minimum absolute atomic E-state index is 0.0752. The van der Waals surface area contributed by atoms with E-state index in [9.17, 15) is 28.1 Å². The van der Waals surface area contributed by atoms with Gasteiger partial charge in [0.1, 0.15) is 5.75 Å². The highest BCUT2D eigenvalue weighted by molar-refractivity contribution is 5.69. The van der Waals surface area contributed by atoms with E-state index < -0.39 is 52.7 Å². The van der Waals surface area contributed by atoms with Gasteiger partial charge in [-0.3, -0.25) is 14.9 Å². The Morgan fingerprint density at radius 3 is 2.44 bits per heavy atom. The number of alkyl halides is 3. The van der Waals surface area contributed by atoms with Crippen molar-refractivity contribution >= 4 is 11.7 Å². The molecular weight excluding hydrogens is 435 g/mol. The van der Waals surface area contributed by atoms with E-state index in [1.165, 1.54) is 7.11 Å². The molecule has 3 rings (SSSR count). The van der Waals surface area contributed by atoms with Crippen molar-refractivity contribution in [2.45, 2.75) is 37.0 Å². The first-order valence-corrected chi connectivity index (χ1v) is 9.47. The SMILES string of the molecule is COC(=O)CC1CC(c2ccc(OC)cc2)O[C@@](c2cccc([N+](=O)[O-])c2)(C(F)(F)F)O1. The van der Waals surface area contributed by atoms with Crippen molar-refractivity contribution in [2.75, 3.05) is 14.2 Å². The van der Waals surface area contributed by atoms with Crippen LogP contribution in [0.15, 0.2) is 48.5 Å². The smallest absolute Gasteiger partial charge is 0.448 e. The number of hydrogen-bond donors (Lipinski definition) is 0. The second kappa shape index (κ2) is 9.13. The fraction of sp³-hybridized carbons (Fsp3) is 0.381. The lowest BCUT2D eigenvalue weighted by Gasteiger charge is -2.45. The van der Waals surface area contributed by atoms with Gasteiger partial charge in [0.25, 0.3) is 11.5 Å². The predicted molar refractivity (Wildman–Crippen MR) is 104 cm³/mol. The summed E-state index contributed by atoms with van der Waals surface area (Å²) in [7, 11) is 2.56. The van der Waals surface area contributed by atoms with Gasteiger partial charge in [-0.05, 0) is 17.7 Å². The monoisotopic (exact) mass is 455 g/mol. The molecule has 0 aromatic heterocycles. The number of ether oxygens (including phenoxy) is 4. The number of nitro groups is 1. The van der Waals surface area contributed by atoms with Crippen LogP contribution in [-0.4, -0.2) is 37.4 Å². The molecule has 1 aliphatic heterocycles. The average molecular weight is 455 g/mol. The third-order valence-electron chi connectivity index (χ3n) is 5.04. The number of carbonyl (C=O) groups excluding carboxylic acids is 1. The minimum Gasteiger partial charge on any atom is -0.497 e. The van der Waals surface area contributed by atoms with Crippen molar-refractivity contribution in [3.63, 3.8) is 0 Å². The van der Waals surface area contributed by atoms with Gasteiger partial charge in [0, 0.05) is 24.1 Å². The van der Waals surface area contributed by atoms with E-state index in [1.54, 1.807) is 24.3 Å². The van der Waals surface area contributed by atoms with Crippen molar-refractivity contribution in [3.05, 3.63) is 69.8 Å². The highest BCUT2D eigenvalue weighted by atomic mass is 19.4. The Hall–Kier alpha value is -3.18. The number of benzene rings is 2. The maximum atomic E-state index is 14.5. The lowest BCUT2D eigenvalue weighted by atomic mass is 9.95. The molecular formula is C21H20F3NO7. The van der Waals surface area contributed by atoms with Crippen molar-refractivity contribution in [2.24, 2.45) is 0 Å². The van der Waals surface area contributed by atoms with Gasteiger partial charge in [0.2, 0.25) is 0 Å². The molecule has 0 spiro atoms. The Bertz CT molecular complexity index is 980. The molecule has 1 aliphatic rings. The third kappa shape index (κ3) is 4.68. The molecule has 0 bridgehead atoms. The number of nitrogens with zero attached hydrogens (tertiary/aromatic N) is 1. The average Bonchev–Trinajstić information content (AvgIpc) is 2.78. The van der Waals surface area contributed by atoms with E-state index >= 15 is 0 Å². The lowest BCUT2D eigenvalue weighted by Crippen LogP contribution is -2.53. The third-order valence-corrected chi connectivity index (χ3v) is 5.04. The van der Waals surface area contributed by atoms with Crippen molar-refractivity contribution in [1.82, 2.24) is 0 Å². The summed E-state index contributed by atoms with van der Waals surface area (Å²) in [6, 6.07) is 10.2. The number of non-ortho nitro benzene ring substituents is 1. The van der Waals surface area contributed by atoms with E-state index in [2.05, 4.69) is 4.74 Å². The molecule has 1 heterocycles. The minimum atomic E-state index is -5.12. The van der Waals surface area contributed by atoms with E-state index in [-0.39, 0.29) is 6.42 Å². The maximum Gasteiger partial charge on any atom is 0.448 e. The fourth-order valence-electron chi connectivity index (χ4n) is 3.47. The Morgan fingerprint density at radius 1 is 1.19 bits per heavy atom. The summed E-state index contributed by atoms with van der Waals surface area (Å²) in [5, 5.41) is 11.2. The molecule has 0 aliphatic carbocycles. The summed E-state index contributed by atoms with van der Waals surface area (Å²) in [6.07, 6.45) is -8.02. The molecule has 0 amide bonds. The fourth-order valence-corrected chi connectivity index (χ4v) is 3.47. The molecule has 2 aromatic rings. The molecule has 8 nitrogen and oxygen atoms in total. The largest absolute Gasteiger partial charge is 0.497 e.